The monoisotopic (exact) mass is 451 g/mol. The molecular weight excluding hydrogens is 398 g/mol. The molecule has 1 spiro atoms. The maximum Gasteiger partial charge on any atom is 0.00727 e. The lowest BCUT2D eigenvalue weighted by Gasteiger charge is -2.52. The van der Waals surface area contributed by atoms with Crippen LogP contribution in [0.3, 0.4) is 0 Å². The van der Waals surface area contributed by atoms with Gasteiger partial charge in [0.15, 0.2) is 0 Å². The van der Waals surface area contributed by atoms with E-state index in [1.54, 1.807) is 89.9 Å². The highest BCUT2D eigenvalue weighted by atomic mass is 15.0. The normalized spacial score (nSPS) is 56.1. The van der Waals surface area contributed by atoms with Gasteiger partial charge in [-0.15, -0.1) is 0 Å². The molecule has 9 unspecified atom stereocenters. The van der Waals surface area contributed by atoms with Crippen molar-refractivity contribution in [2.24, 2.45) is 58.7 Å². The zero-order valence-electron chi connectivity index (χ0n) is 21.8. The van der Waals surface area contributed by atoms with Gasteiger partial charge in [0.25, 0.3) is 0 Å². The summed E-state index contributed by atoms with van der Waals surface area (Å²) < 4.78 is 0. The molecule has 0 aromatic heterocycles. The standard InChI is InChI=1S/C32H53N/c1-21-14-16-22(17-15-21)33-23-18-19-27-26-10-4-7-13-30(26)32(31(27)20-23)28-11-5-2-8-24(28)25-9-3-6-12-29(25)32/h21-31,33H,2-20H2,1H3. The molecular formula is C32H53N. The van der Waals surface area contributed by atoms with Crippen molar-refractivity contribution < 1.29 is 0 Å². The Morgan fingerprint density at radius 3 is 1.45 bits per heavy atom. The fourth-order valence-electron chi connectivity index (χ4n) is 12.7. The summed E-state index contributed by atoms with van der Waals surface area (Å²) in [6, 6.07) is 1.70. The Balaban J connectivity index is 1.22. The lowest BCUT2D eigenvalue weighted by molar-refractivity contribution is -0.0398. The Bertz CT molecular complexity index is 658. The van der Waals surface area contributed by atoms with Crippen LogP contribution in [0.2, 0.25) is 0 Å². The average Bonchev–Trinajstić information content (AvgIpc) is 3.33. The Morgan fingerprint density at radius 1 is 0.455 bits per heavy atom. The van der Waals surface area contributed by atoms with E-state index in [-0.39, 0.29) is 0 Å². The van der Waals surface area contributed by atoms with Crippen LogP contribution in [0.25, 0.3) is 0 Å². The zero-order valence-corrected chi connectivity index (χ0v) is 21.8. The summed E-state index contributed by atoms with van der Waals surface area (Å²) in [5, 5.41) is 4.32. The van der Waals surface area contributed by atoms with Crippen LogP contribution in [0, 0.1) is 58.7 Å². The van der Waals surface area contributed by atoms with E-state index >= 15 is 0 Å². The first-order valence-corrected chi connectivity index (χ1v) is 16.0. The molecule has 1 N–H and O–H groups in total. The van der Waals surface area contributed by atoms with Crippen LogP contribution >= 0.6 is 0 Å². The molecule has 0 heterocycles. The maximum atomic E-state index is 4.32. The van der Waals surface area contributed by atoms with E-state index in [4.69, 9.17) is 0 Å². The molecule has 0 aromatic rings. The summed E-state index contributed by atoms with van der Waals surface area (Å²) in [7, 11) is 0. The lowest BCUT2D eigenvalue weighted by Crippen LogP contribution is -2.50. The molecule has 1 heteroatoms. The quantitative estimate of drug-likeness (QED) is 0.444. The highest BCUT2D eigenvalue weighted by Crippen LogP contribution is 2.77. The second-order valence-corrected chi connectivity index (χ2v) is 14.6. The molecule has 7 saturated carbocycles. The fraction of sp³-hybridized carbons (Fsp3) is 1.00. The molecule has 0 aliphatic heterocycles. The van der Waals surface area contributed by atoms with Crippen molar-refractivity contribution in [2.45, 2.75) is 141 Å². The number of fused-ring (bicyclic) bond motifs is 10. The average molecular weight is 452 g/mol. The highest BCUT2D eigenvalue weighted by molar-refractivity contribution is 5.20. The Kier molecular flexibility index (Phi) is 5.92. The molecule has 186 valence electrons. The van der Waals surface area contributed by atoms with Gasteiger partial charge in [-0.25, -0.2) is 0 Å². The predicted octanol–water partition coefficient (Wildman–Crippen LogP) is 8.37. The Morgan fingerprint density at radius 2 is 0.909 bits per heavy atom. The van der Waals surface area contributed by atoms with Gasteiger partial charge >= 0.3 is 0 Å². The third kappa shape index (κ3) is 3.39. The summed E-state index contributed by atoms with van der Waals surface area (Å²) in [5.74, 6) is 9.99. The molecule has 7 aliphatic rings. The van der Waals surface area contributed by atoms with E-state index in [1.165, 1.54) is 32.1 Å². The van der Waals surface area contributed by atoms with Gasteiger partial charge in [-0.3, -0.25) is 0 Å². The molecule has 0 bridgehead atoms. The van der Waals surface area contributed by atoms with Crippen molar-refractivity contribution in [1.29, 1.82) is 0 Å². The SMILES string of the molecule is CC1CCC(NC2CCC3C4CCCCC4C4(C5CCCCC5C5CCCCC54)C3C2)CC1. The zero-order chi connectivity index (χ0) is 22.0. The maximum absolute atomic E-state index is 4.32. The first-order valence-electron chi connectivity index (χ1n) is 16.0. The van der Waals surface area contributed by atoms with Crippen molar-refractivity contribution in [2.75, 3.05) is 0 Å². The van der Waals surface area contributed by atoms with Gasteiger partial charge in [-0.1, -0.05) is 45.4 Å². The minimum Gasteiger partial charge on any atom is -0.311 e. The van der Waals surface area contributed by atoms with Crippen molar-refractivity contribution in [3.8, 4) is 0 Å². The number of hydrogen-bond donors (Lipinski definition) is 1. The lowest BCUT2D eigenvalue weighted by atomic mass is 9.53. The number of rotatable bonds is 2. The topological polar surface area (TPSA) is 12.0 Å². The summed E-state index contributed by atoms with van der Waals surface area (Å²) >= 11 is 0. The summed E-state index contributed by atoms with van der Waals surface area (Å²) in [6.07, 6.45) is 29.6. The molecule has 9 atom stereocenters. The smallest absolute Gasteiger partial charge is 0.00727 e. The van der Waals surface area contributed by atoms with E-state index in [2.05, 4.69) is 12.2 Å². The molecule has 0 amide bonds. The molecule has 0 saturated heterocycles. The molecule has 1 nitrogen and oxygen atoms in total. The molecule has 7 rings (SSSR count). The van der Waals surface area contributed by atoms with Crippen molar-refractivity contribution in [3.63, 3.8) is 0 Å². The van der Waals surface area contributed by atoms with Gasteiger partial charge in [-0.2, -0.15) is 0 Å². The second-order valence-electron chi connectivity index (χ2n) is 14.6. The fourth-order valence-corrected chi connectivity index (χ4v) is 12.7. The van der Waals surface area contributed by atoms with Crippen LogP contribution in [0.15, 0.2) is 0 Å². The largest absolute Gasteiger partial charge is 0.311 e. The van der Waals surface area contributed by atoms with Crippen LogP contribution in [0.5, 0.6) is 0 Å². The third-order valence-corrected chi connectivity index (χ3v) is 13.5. The van der Waals surface area contributed by atoms with Gasteiger partial charge in [0.2, 0.25) is 0 Å². The Hall–Kier alpha value is -0.0400. The molecule has 33 heavy (non-hydrogen) atoms. The summed E-state index contributed by atoms with van der Waals surface area (Å²) in [5.41, 5.74) is 0.785. The van der Waals surface area contributed by atoms with Crippen LogP contribution in [0.1, 0.15) is 129 Å². The summed E-state index contributed by atoms with van der Waals surface area (Å²) in [4.78, 5) is 0. The molecule has 0 radical (unpaired) electrons. The predicted molar refractivity (Wildman–Crippen MR) is 138 cm³/mol. The van der Waals surface area contributed by atoms with Gasteiger partial charge in [0.1, 0.15) is 0 Å². The molecule has 7 aliphatic carbocycles. The van der Waals surface area contributed by atoms with Crippen molar-refractivity contribution in [3.05, 3.63) is 0 Å². The highest BCUT2D eigenvalue weighted by Gasteiger charge is 2.71. The van der Waals surface area contributed by atoms with E-state index in [0.717, 1.165) is 70.8 Å². The van der Waals surface area contributed by atoms with Gasteiger partial charge in [-0.05, 0) is 142 Å². The van der Waals surface area contributed by atoms with Crippen LogP contribution < -0.4 is 5.32 Å². The number of nitrogens with one attached hydrogen (secondary N) is 1. The van der Waals surface area contributed by atoms with E-state index < -0.39 is 0 Å². The first kappa shape index (κ1) is 22.2. The minimum absolute atomic E-state index is 0.785. The Labute approximate surface area is 205 Å². The second kappa shape index (κ2) is 8.81. The van der Waals surface area contributed by atoms with Crippen molar-refractivity contribution in [1.82, 2.24) is 5.32 Å². The molecule has 0 aromatic carbocycles. The molecule has 7 fully saturated rings. The van der Waals surface area contributed by atoms with Gasteiger partial charge < -0.3 is 5.32 Å². The van der Waals surface area contributed by atoms with Crippen LogP contribution in [-0.2, 0) is 0 Å². The first-order chi connectivity index (χ1) is 16.3. The summed E-state index contributed by atoms with van der Waals surface area (Å²) in [6.45, 7) is 2.48. The minimum atomic E-state index is 0.785. The van der Waals surface area contributed by atoms with E-state index in [0.29, 0.717) is 0 Å². The van der Waals surface area contributed by atoms with Gasteiger partial charge in [0, 0.05) is 12.1 Å². The van der Waals surface area contributed by atoms with E-state index in [1.807, 2.05) is 0 Å². The number of hydrogen-bond acceptors (Lipinski definition) is 1. The van der Waals surface area contributed by atoms with Crippen LogP contribution in [-0.4, -0.2) is 12.1 Å². The van der Waals surface area contributed by atoms with Gasteiger partial charge in [0.05, 0.1) is 0 Å². The third-order valence-electron chi connectivity index (χ3n) is 13.5. The van der Waals surface area contributed by atoms with Crippen molar-refractivity contribution >= 4 is 0 Å². The van der Waals surface area contributed by atoms with E-state index in [9.17, 15) is 0 Å². The van der Waals surface area contributed by atoms with Crippen LogP contribution in [0.4, 0.5) is 0 Å².